The van der Waals surface area contributed by atoms with Gasteiger partial charge in [-0.15, -0.1) is 0 Å². The molecule has 1 aliphatic rings. The number of carbonyl (C=O) groups is 1. The van der Waals surface area contributed by atoms with Crippen LogP contribution in [0.5, 0.6) is 0 Å². The maximum absolute atomic E-state index is 12.3. The second kappa shape index (κ2) is 7.28. The van der Waals surface area contributed by atoms with Gasteiger partial charge in [0.2, 0.25) is 0 Å². The van der Waals surface area contributed by atoms with E-state index >= 15 is 0 Å². The van der Waals surface area contributed by atoms with Crippen LogP contribution in [0, 0.1) is 0 Å². The average Bonchev–Trinajstić information content (AvgIpc) is 2.63. The van der Waals surface area contributed by atoms with Crippen molar-refractivity contribution in [2.24, 2.45) is 0 Å². The molecule has 0 saturated heterocycles. The fourth-order valence-electron chi connectivity index (χ4n) is 2.82. The SMILES string of the molecule is CCCNC(=O)c1ccc2c(c1)N([C@H](C)CO)c1ccccc1S2. The van der Waals surface area contributed by atoms with Crippen molar-refractivity contribution >= 4 is 29.0 Å². The molecular weight excluding hydrogens is 320 g/mol. The van der Waals surface area contributed by atoms with Gasteiger partial charge < -0.3 is 15.3 Å². The first kappa shape index (κ1) is 16.9. The minimum Gasteiger partial charge on any atom is -0.394 e. The third-order valence-corrected chi connectivity index (χ3v) is 5.20. The van der Waals surface area contributed by atoms with Gasteiger partial charge in [0.05, 0.1) is 24.0 Å². The lowest BCUT2D eigenvalue weighted by Gasteiger charge is -2.36. The number of aliphatic hydroxyl groups is 1. The molecule has 126 valence electrons. The van der Waals surface area contributed by atoms with E-state index in [2.05, 4.69) is 22.3 Å². The smallest absolute Gasteiger partial charge is 0.251 e. The summed E-state index contributed by atoms with van der Waals surface area (Å²) in [5, 5.41) is 12.6. The Hall–Kier alpha value is -1.98. The topological polar surface area (TPSA) is 52.6 Å². The van der Waals surface area contributed by atoms with Crippen molar-refractivity contribution in [2.75, 3.05) is 18.1 Å². The Kier molecular flexibility index (Phi) is 5.11. The molecule has 0 bridgehead atoms. The normalized spacial score (nSPS) is 13.9. The predicted molar refractivity (Wildman–Crippen MR) is 98.3 cm³/mol. The number of anilines is 2. The van der Waals surface area contributed by atoms with E-state index in [-0.39, 0.29) is 18.6 Å². The van der Waals surface area contributed by atoms with Crippen LogP contribution in [-0.2, 0) is 0 Å². The number of fused-ring (bicyclic) bond motifs is 2. The molecule has 0 spiro atoms. The number of hydrogen-bond donors (Lipinski definition) is 2. The molecule has 0 fully saturated rings. The van der Waals surface area contributed by atoms with Crippen molar-refractivity contribution in [3.8, 4) is 0 Å². The molecule has 1 amide bonds. The van der Waals surface area contributed by atoms with Crippen LogP contribution in [0.1, 0.15) is 30.6 Å². The molecule has 4 nitrogen and oxygen atoms in total. The second-order valence-electron chi connectivity index (χ2n) is 5.91. The number of benzene rings is 2. The Morgan fingerprint density at radius 3 is 2.71 bits per heavy atom. The van der Waals surface area contributed by atoms with Crippen LogP contribution in [0.3, 0.4) is 0 Å². The molecule has 0 saturated carbocycles. The van der Waals surface area contributed by atoms with Crippen LogP contribution in [0.2, 0.25) is 0 Å². The molecular formula is C19H22N2O2S. The van der Waals surface area contributed by atoms with Crippen molar-refractivity contribution in [3.63, 3.8) is 0 Å². The number of para-hydroxylation sites is 1. The third-order valence-electron chi connectivity index (χ3n) is 4.07. The van der Waals surface area contributed by atoms with Crippen molar-refractivity contribution in [3.05, 3.63) is 48.0 Å². The van der Waals surface area contributed by atoms with Crippen LogP contribution in [0.15, 0.2) is 52.3 Å². The number of carbonyl (C=O) groups excluding carboxylic acids is 1. The van der Waals surface area contributed by atoms with Gasteiger partial charge in [-0.1, -0.05) is 30.8 Å². The largest absolute Gasteiger partial charge is 0.394 e. The van der Waals surface area contributed by atoms with Crippen LogP contribution >= 0.6 is 11.8 Å². The maximum atomic E-state index is 12.3. The van der Waals surface area contributed by atoms with Gasteiger partial charge in [-0.25, -0.2) is 0 Å². The summed E-state index contributed by atoms with van der Waals surface area (Å²) in [4.78, 5) is 16.7. The first-order valence-electron chi connectivity index (χ1n) is 8.25. The van der Waals surface area contributed by atoms with Crippen molar-refractivity contribution < 1.29 is 9.90 Å². The van der Waals surface area contributed by atoms with Gasteiger partial charge in [-0.2, -0.15) is 0 Å². The molecule has 0 unspecified atom stereocenters. The van der Waals surface area contributed by atoms with Gasteiger partial charge in [0.1, 0.15) is 0 Å². The first-order valence-corrected chi connectivity index (χ1v) is 9.06. The van der Waals surface area contributed by atoms with E-state index in [0.717, 1.165) is 27.6 Å². The van der Waals surface area contributed by atoms with Gasteiger partial charge in [0, 0.05) is 21.9 Å². The molecule has 24 heavy (non-hydrogen) atoms. The molecule has 3 rings (SSSR count). The highest BCUT2D eigenvalue weighted by atomic mass is 32.2. The van der Waals surface area contributed by atoms with E-state index in [1.807, 2.05) is 44.2 Å². The molecule has 5 heteroatoms. The summed E-state index contributed by atoms with van der Waals surface area (Å²) in [5.74, 6) is -0.0555. The van der Waals surface area contributed by atoms with Gasteiger partial charge in [0.25, 0.3) is 5.91 Å². The lowest BCUT2D eigenvalue weighted by Crippen LogP contribution is -2.33. The highest BCUT2D eigenvalue weighted by Gasteiger charge is 2.27. The van der Waals surface area contributed by atoms with Crippen molar-refractivity contribution in [1.82, 2.24) is 5.32 Å². The summed E-state index contributed by atoms with van der Waals surface area (Å²) in [6.07, 6.45) is 0.910. The van der Waals surface area contributed by atoms with Crippen LogP contribution in [0.4, 0.5) is 11.4 Å². The Morgan fingerprint density at radius 1 is 1.21 bits per heavy atom. The highest BCUT2D eigenvalue weighted by molar-refractivity contribution is 7.99. The quantitative estimate of drug-likeness (QED) is 0.867. The summed E-state index contributed by atoms with van der Waals surface area (Å²) in [7, 11) is 0. The molecule has 0 radical (unpaired) electrons. The van der Waals surface area contributed by atoms with E-state index in [1.165, 1.54) is 0 Å². The van der Waals surface area contributed by atoms with Gasteiger partial charge in [-0.3, -0.25) is 4.79 Å². The monoisotopic (exact) mass is 342 g/mol. The predicted octanol–water partition coefficient (Wildman–Crippen LogP) is 3.81. The van der Waals surface area contributed by atoms with E-state index in [0.29, 0.717) is 12.1 Å². The van der Waals surface area contributed by atoms with Crippen LogP contribution in [-0.4, -0.2) is 30.2 Å². The van der Waals surface area contributed by atoms with Gasteiger partial charge >= 0.3 is 0 Å². The first-order chi connectivity index (χ1) is 11.7. The zero-order valence-corrected chi connectivity index (χ0v) is 14.8. The van der Waals surface area contributed by atoms with Crippen molar-refractivity contribution in [1.29, 1.82) is 0 Å². The molecule has 1 aliphatic heterocycles. The zero-order chi connectivity index (χ0) is 17.1. The fraction of sp³-hybridized carbons (Fsp3) is 0.316. The molecule has 2 N–H and O–H groups in total. The fourth-order valence-corrected chi connectivity index (χ4v) is 3.87. The number of aliphatic hydroxyl groups excluding tert-OH is 1. The van der Waals surface area contributed by atoms with Gasteiger partial charge in [-0.05, 0) is 43.7 Å². The lowest BCUT2D eigenvalue weighted by atomic mass is 10.1. The summed E-state index contributed by atoms with van der Waals surface area (Å²) >= 11 is 1.70. The Labute approximate surface area is 146 Å². The molecule has 1 atom stereocenters. The lowest BCUT2D eigenvalue weighted by molar-refractivity contribution is 0.0953. The maximum Gasteiger partial charge on any atom is 0.251 e. The standard InChI is InChI=1S/C19H22N2O2S/c1-3-10-20-19(23)14-8-9-18-16(11-14)21(13(2)12-22)15-6-4-5-7-17(15)24-18/h4-9,11,13,22H,3,10,12H2,1-2H3,(H,20,23)/t13-/m1/s1. The number of rotatable bonds is 5. The highest BCUT2D eigenvalue weighted by Crippen LogP contribution is 2.49. The number of nitrogens with zero attached hydrogens (tertiary/aromatic N) is 1. The summed E-state index contributed by atoms with van der Waals surface area (Å²) < 4.78 is 0. The number of amides is 1. The molecule has 1 heterocycles. The zero-order valence-electron chi connectivity index (χ0n) is 14.0. The summed E-state index contributed by atoms with van der Waals surface area (Å²) in [5.41, 5.74) is 2.70. The minimum atomic E-state index is -0.0697. The average molecular weight is 342 g/mol. The Balaban J connectivity index is 2.03. The summed E-state index contributed by atoms with van der Waals surface area (Å²) in [6, 6.07) is 13.9. The minimum absolute atomic E-state index is 0.0463. The number of nitrogens with one attached hydrogen (secondary N) is 1. The van der Waals surface area contributed by atoms with Crippen LogP contribution < -0.4 is 10.2 Å². The molecule has 2 aromatic carbocycles. The van der Waals surface area contributed by atoms with E-state index in [1.54, 1.807) is 11.8 Å². The molecule has 0 aliphatic carbocycles. The van der Waals surface area contributed by atoms with E-state index < -0.39 is 0 Å². The Morgan fingerprint density at radius 2 is 1.96 bits per heavy atom. The van der Waals surface area contributed by atoms with Crippen molar-refractivity contribution in [2.45, 2.75) is 36.1 Å². The Bertz CT molecular complexity index is 748. The summed E-state index contributed by atoms with van der Waals surface area (Å²) in [6.45, 7) is 4.74. The van der Waals surface area contributed by atoms with E-state index in [4.69, 9.17) is 0 Å². The van der Waals surface area contributed by atoms with Crippen LogP contribution in [0.25, 0.3) is 0 Å². The molecule has 2 aromatic rings. The second-order valence-corrected chi connectivity index (χ2v) is 6.99. The van der Waals surface area contributed by atoms with Gasteiger partial charge in [0.15, 0.2) is 0 Å². The van der Waals surface area contributed by atoms with E-state index in [9.17, 15) is 9.90 Å². The molecule has 0 aromatic heterocycles. The third kappa shape index (κ3) is 3.14. The number of hydrogen-bond acceptors (Lipinski definition) is 4.